The number of hydrogen-bond donors (Lipinski definition) is 1. The van der Waals surface area contributed by atoms with Gasteiger partial charge in [-0.3, -0.25) is 25.7 Å². The fourth-order valence-corrected chi connectivity index (χ4v) is 2.16. The molecule has 2 aromatic carbocycles. The van der Waals surface area contributed by atoms with Crippen molar-refractivity contribution in [3.05, 3.63) is 73.8 Å². The Morgan fingerprint density at radius 3 is 2.46 bits per heavy atom. The lowest BCUT2D eigenvalue weighted by Gasteiger charge is -2.06. The van der Waals surface area contributed by atoms with Gasteiger partial charge in [0.1, 0.15) is 5.69 Å². The van der Waals surface area contributed by atoms with Gasteiger partial charge in [0.05, 0.1) is 15.9 Å². The first kappa shape index (κ1) is 17.1. The van der Waals surface area contributed by atoms with Gasteiger partial charge in [0.25, 0.3) is 5.69 Å². The van der Waals surface area contributed by atoms with Gasteiger partial charge in [0.15, 0.2) is 0 Å². The van der Waals surface area contributed by atoms with Crippen LogP contribution in [0.1, 0.15) is 18.1 Å². The molecule has 0 heterocycles. The molecular weight excluding hydrogens is 312 g/mol. The maximum Gasteiger partial charge on any atom is 0.301 e. The fraction of sp³-hybridized carbons (Fsp3) is 0.188. The van der Waals surface area contributed by atoms with E-state index in [-0.39, 0.29) is 11.4 Å². The summed E-state index contributed by atoms with van der Waals surface area (Å²) >= 11 is 0. The normalized spacial score (nSPS) is 11.2. The van der Waals surface area contributed by atoms with Crippen LogP contribution in [0.25, 0.3) is 0 Å². The molecule has 0 saturated carbocycles. The minimum atomic E-state index is -0.679. The smallest absolute Gasteiger partial charge is 0.272 e. The van der Waals surface area contributed by atoms with E-state index in [0.717, 1.165) is 22.9 Å². The van der Waals surface area contributed by atoms with E-state index in [4.69, 9.17) is 0 Å². The number of rotatable bonds is 6. The molecule has 0 aliphatic carbocycles. The van der Waals surface area contributed by atoms with Crippen LogP contribution in [0.3, 0.4) is 0 Å². The van der Waals surface area contributed by atoms with Crippen molar-refractivity contribution in [3.63, 3.8) is 0 Å². The second-order valence-electron chi connectivity index (χ2n) is 5.28. The Bertz CT molecular complexity index is 817. The molecule has 0 fully saturated rings. The van der Waals surface area contributed by atoms with E-state index in [2.05, 4.69) is 10.5 Å². The summed E-state index contributed by atoms with van der Waals surface area (Å²) < 4.78 is 0. The maximum atomic E-state index is 11.1. The van der Waals surface area contributed by atoms with Gasteiger partial charge in [-0.2, -0.15) is 5.10 Å². The van der Waals surface area contributed by atoms with Crippen LogP contribution < -0.4 is 5.43 Å². The SMILES string of the molecule is C/C(Cc1ccccc1C)=N\Nc1ccc([N+](=O)[O-])cc1[N+](=O)[O-]. The number of hydrazone groups is 1. The summed E-state index contributed by atoms with van der Waals surface area (Å²) in [6.07, 6.45) is 0.598. The zero-order valence-corrected chi connectivity index (χ0v) is 13.2. The van der Waals surface area contributed by atoms with Gasteiger partial charge in [-0.05, 0) is 31.0 Å². The van der Waals surface area contributed by atoms with Gasteiger partial charge < -0.3 is 0 Å². The molecule has 2 rings (SSSR count). The van der Waals surface area contributed by atoms with E-state index in [1.807, 2.05) is 31.2 Å². The maximum absolute atomic E-state index is 11.1. The lowest BCUT2D eigenvalue weighted by molar-refractivity contribution is -0.393. The van der Waals surface area contributed by atoms with Gasteiger partial charge in [-0.25, -0.2) is 0 Å². The molecule has 0 bridgehead atoms. The number of hydrogen-bond acceptors (Lipinski definition) is 6. The highest BCUT2D eigenvalue weighted by Gasteiger charge is 2.19. The molecule has 0 saturated heterocycles. The first-order valence-corrected chi connectivity index (χ1v) is 7.15. The van der Waals surface area contributed by atoms with E-state index < -0.39 is 15.5 Å². The fourth-order valence-electron chi connectivity index (χ4n) is 2.16. The standard InChI is InChI=1S/C16H16N4O4/c1-11-5-3-4-6-13(11)9-12(2)17-18-15-8-7-14(19(21)22)10-16(15)20(23)24/h3-8,10,18H,9H2,1-2H3/b17-12+. The minimum absolute atomic E-state index is 0.106. The van der Waals surface area contributed by atoms with Crippen LogP contribution in [0.4, 0.5) is 17.1 Å². The summed E-state index contributed by atoms with van der Waals surface area (Å²) in [5.41, 5.74) is 4.97. The third kappa shape index (κ3) is 4.13. The van der Waals surface area contributed by atoms with Crippen LogP contribution in [-0.2, 0) is 6.42 Å². The van der Waals surface area contributed by atoms with Crippen molar-refractivity contribution in [1.29, 1.82) is 0 Å². The van der Waals surface area contributed by atoms with E-state index in [1.54, 1.807) is 6.92 Å². The molecule has 0 aliphatic rings. The molecule has 0 aromatic heterocycles. The van der Waals surface area contributed by atoms with Crippen molar-refractivity contribution in [2.45, 2.75) is 20.3 Å². The molecule has 24 heavy (non-hydrogen) atoms. The molecule has 0 radical (unpaired) electrons. The number of nitro groups is 2. The number of nitro benzene ring substituents is 2. The molecule has 0 unspecified atom stereocenters. The number of benzene rings is 2. The van der Waals surface area contributed by atoms with Gasteiger partial charge >= 0.3 is 5.69 Å². The lowest BCUT2D eigenvalue weighted by Crippen LogP contribution is -2.04. The van der Waals surface area contributed by atoms with Crippen molar-refractivity contribution in [1.82, 2.24) is 0 Å². The molecular formula is C16H16N4O4. The molecule has 8 nitrogen and oxygen atoms in total. The highest BCUT2D eigenvalue weighted by Crippen LogP contribution is 2.28. The second-order valence-corrected chi connectivity index (χ2v) is 5.28. The summed E-state index contributed by atoms with van der Waals surface area (Å²) in [6.45, 7) is 3.80. The predicted molar refractivity (Wildman–Crippen MR) is 91.4 cm³/mol. The number of nitrogens with zero attached hydrogens (tertiary/aromatic N) is 3. The topological polar surface area (TPSA) is 111 Å². The highest BCUT2D eigenvalue weighted by atomic mass is 16.6. The largest absolute Gasteiger partial charge is 0.301 e. The van der Waals surface area contributed by atoms with Crippen LogP contribution in [0, 0.1) is 27.2 Å². The molecule has 124 valence electrons. The molecule has 0 amide bonds. The third-order valence-corrected chi connectivity index (χ3v) is 3.46. The van der Waals surface area contributed by atoms with E-state index in [0.29, 0.717) is 6.42 Å². The Morgan fingerprint density at radius 2 is 1.83 bits per heavy atom. The van der Waals surface area contributed by atoms with Crippen LogP contribution in [0.5, 0.6) is 0 Å². The molecule has 0 spiro atoms. The van der Waals surface area contributed by atoms with Crippen molar-refractivity contribution in [2.24, 2.45) is 5.10 Å². The van der Waals surface area contributed by atoms with Crippen molar-refractivity contribution >= 4 is 22.8 Å². The summed E-state index contributed by atoms with van der Waals surface area (Å²) in [6, 6.07) is 11.3. The number of non-ortho nitro benzene ring substituents is 1. The Morgan fingerprint density at radius 1 is 1.12 bits per heavy atom. The average molecular weight is 328 g/mol. The van der Waals surface area contributed by atoms with Crippen molar-refractivity contribution in [3.8, 4) is 0 Å². The Hall–Kier alpha value is -3.29. The predicted octanol–water partition coefficient (Wildman–Crippen LogP) is 3.84. The second kappa shape index (κ2) is 7.32. The van der Waals surface area contributed by atoms with Crippen molar-refractivity contribution < 1.29 is 9.85 Å². The van der Waals surface area contributed by atoms with Gasteiger partial charge in [-0.15, -0.1) is 0 Å². The quantitative estimate of drug-likeness (QED) is 0.492. The Balaban J connectivity index is 2.20. The third-order valence-electron chi connectivity index (χ3n) is 3.46. The zero-order chi connectivity index (χ0) is 17.7. The van der Waals surface area contributed by atoms with E-state index >= 15 is 0 Å². The molecule has 8 heteroatoms. The van der Waals surface area contributed by atoms with Crippen LogP contribution in [-0.4, -0.2) is 15.6 Å². The van der Waals surface area contributed by atoms with Gasteiger partial charge in [0, 0.05) is 18.2 Å². The summed E-state index contributed by atoms with van der Waals surface area (Å²) in [4.78, 5) is 20.4. The highest BCUT2D eigenvalue weighted by molar-refractivity contribution is 5.85. The molecule has 2 aromatic rings. The van der Waals surface area contributed by atoms with E-state index in [1.165, 1.54) is 12.1 Å². The number of nitrogens with one attached hydrogen (secondary N) is 1. The van der Waals surface area contributed by atoms with Gasteiger partial charge in [-0.1, -0.05) is 24.3 Å². The lowest BCUT2D eigenvalue weighted by atomic mass is 10.0. The Labute approximate surface area is 138 Å². The first-order chi connectivity index (χ1) is 11.4. The minimum Gasteiger partial charge on any atom is -0.272 e. The van der Waals surface area contributed by atoms with Crippen LogP contribution in [0.15, 0.2) is 47.6 Å². The monoisotopic (exact) mass is 328 g/mol. The van der Waals surface area contributed by atoms with Crippen LogP contribution in [0.2, 0.25) is 0 Å². The summed E-state index contributed by atoms with van der Waals surface area (Å²) in [7, 11) is 0. The molecule has 0 aliphatic heterocycles. The molecule has 1 N–H and O–H groups in total. The summed E-state index contributed by atoms with van der Waals surface area (Å²) in [5.74, 6) is 0. The van der Waals surface area contributed by atoms with Crippen LogP contribution >= 0.6 is 0 Å². The number of aryl methyl sites for hydroxylation is 1. The zero-order valence-electron chi connectivity index (χ0n) is 13.2. The molecule has 0 atom stereocenters. The average Bonchev–Trinajstić information content (AvgIpc) is 2.54. The summed E-state index contributed by atoms with van der Waals surface area (Å²) in [5, 5.41) is 25.9. The number of anilines is 1. The first-order valence-electron chi connectivity index (χ1n) is 7.15. The van der Waals surface area contributed by atoms with E-state index in [9.17, 15) is 20.2 Å². The Kier molecular flexibility index (Phi) is 5.20. The van der Waals surface area contributed by atoms with Gasteiger partial charge in [0.2, 0.25) is 0 Å². The van der Waals surface area contributed by atoms with Crippen molar-refractivity contribution in [2.75, 3.05) is 5.43 Å².